The molecule has 140 valence electrons. The van der Waals surface area contributed by atoms with Crippen molar-refractivity contribution in [2.24, 2.45) is 0 Å². The summed E-state index contributed by atoms with van der Waals surface area (Å²) < 4.78 is 0. The van der Waals surface area contributed by atoms with Crippen molar-refractivity contribution in [3.63, 3.8) is 0 Å². The summed E-state index contributed by atoms with van der Waals surface area (Å²) in [5, 5.41) is 17.9. The van der Waals surface area contributed by atoms with Crippen LogP contribution in [0.1, 0.15) is 15.9 Å². The van der Waals surface area contributed by atoms with E-state index in [9.17, 15) is 9.90 Å². The average molecular weight is 379 g/mol. The minimum atomic E-state index is -0.967. The number of pyridine rings is 2. The van der Waals surface area contributed by atoms with Gasteiger partial charge in [-0.15, -0.1) is 0 Å². The molecule has 0 saturated carbocycles. The average Bonchev–Trinajstić information content (AvgIpc) is 2.77. The second kappa shape index (κ2) is 6.87. The first kappa shape index (κ1) is 17.1. The van der Waals surface area contributed by atoms with Crippen LogP contribution in [0.5, 0.6) is 0 Å². The Hall–Kier alpha value is -3.99. The number of aromatic carboxylic acids is 1. The topological polar surface area (TPSA) is 75.1 Å². The fourth-order valence-corrected chi connectivity index (χ4v) is 3.74. The normalized spacial score (nSPS) is 11.2. The number of anilines is 1. The zero-order valence-electron chi connectivity index (χ0n) is 15.5. The lowest BCUT2D eigenvalue weighted by Crippen LogP contribution is -2.04. The molecule has 5 heteroatoms. The molecule has 29 heavy (non-hydrogen) atoms. The summed E-state index contributed by atoms with van der Waals surface area (Å²) in [6, 6.07) is 21.5. The predicted octanol–water partition coefficient (Wildman–Crippen LogP) is 5.25. The molecule has 2 N–H and O–H groups in total. The number of hydrogen-bond acceptors (Lipinski definition) is 4. The first-order valence-corrected chi connectivity index (χ1v) is 9.32. The Bertz CT molecular complexity index is 1390. The first-order valence-electron chi connectivity index (χ1n) is 9.32. The van der Waals surface area contributed by atoms with E-state index in [0.29, 0.717) is 17.9 Å². The zero-order chi connectivity index (χ0) is 19.8. The smallest absolute Gasteiger partial charge is 0.335 e. The van der Waals surface area contributed by atoms with Crippen LogP contribution in [0.15, 0.2) is 79.1 Å². The number of benzene rings is 3. The van der Waals surface area contributed by atoms with E-state index in [2.05, 4.69) is 34.6 Å². The number of nitrogens with zero attached hydrogens (tertiary/aromatic N) is 2. The number of hydrogen-bond donors (Lipinski definition) is 2. The van der Waals surface area contributed by atoms with Gasteiger partial charge in [-0.25, -0.2) is 9.78 Å². The van der Waals surface area contributed by atoms with Gasteiger partial charge in [0.1, 0.15) is 5.82 Å². The van der Waals surface area contributed by atoms with Gasteiger partial charge in [0.2, 0.25) is 0 Å². The summed E-state index contributed by atoms with van der Waals surface area (Å²) in [4.78, 5) is 20.4. The number of fused-ring (bicyclic) bond motifs is 4. The molecule has 0 bridgehead atoms. The van der Waals surface area contributed by atoms with Gasteiger partial charge in [-0.2, -0.15) is 0 Å². The number of nitrogens with one attached hydrogen (secondary N) is 1. The van der Waals surface area contributed by atoms with Crippen LogP contribution in [-0.2, 0) is 6.54 Å². The van der Waals surface area contributed by atoms with Crippen LogP contribution in [0.3, 0.4) is 0 Å². The summed E-state index contributed by atoms with van der Waals surface area (Å²) in [7, 11) is 0. The van der Waals surface area contributed by atoms with Gasteiger partial charge in [-0.05, 0) is 34.5 Å². The number of aromatic nitrogens is 2. The van der Waals surface area contributed by atoms with E-state index in [-0.39, 0.29) is 5.56 Å². The largest absolute Gasteiger partial charge is 0.478 e. The second-order valence-electron chi connectivity index (χ2n) is 6.91. The standard InChI is InChI=1S/C24H17N3O2/c28-24(29)16-8-9-19-21-14-25-11-10-20(21)23(27-22(19)12-16)26-13-17-6-3-5-15-4-1-2-7-18(15)17/h1-12,14H,13H2,(H,26,27)(H,28,29). The van der Waals surface area contributed by atoms with Gasteiger partial charge in [0.25, 0.3) is 0 Å². The van der Waals surface area contributed by atoms with Gasteiger partial charge in [0, 0.05) is 35.1 Å². The lowest BCUT2D eigenvalue weighted by Gasteiger charge is -2.13. The molecule has 0 fully saturated rings. The maximum Gasteiger partial charge on any atom is 0.335 e. The Kier molecular flexibility index (Phi) is 4.06. The van der Waals surface area contributed by atoms with Crippen LogP contribution in [0.25, 0.3) is 32.4 Å². The van der Waals surface area contributed by atoms with E-state index in [1.54, 1.807) is 30.6 Å². The van der Waals surface area contributed by atoms with E-state index < -0.39 is 5.97 Å². The Morgan fingerprint density at radius 1 is 0.897 bits per heavy atom. The number of carbonyl (C=O) groups is 1. The highest BCUT2D eigenvalue weighted by molar-refractivity contribution is 6.10. The second-order valence-corrected chi connectivity index (χ2v) is 6.91. The summed E-state index contributed by atoms with van der Waals surface area (Å²) in [5.74, 6) is -0.254. The van der Waals surface area contributed by atoms with E-state index in [0.717, 1.165) is 16.2 Å². The Balaban J connectivity index is 1.62. The molecular formula is C24H17N3O2. The van der Waals surface area contributed by atoms with Gasteiger partial charge < -0.3 is 10.4 Å². The van der Waals surface area contributed by atoms with Gasteiger partial charge in [0.15, 0.2) is 0 Å². The number of rotatable bonds is 4. The predicted molar refractivity (Wildman–Crippen MR) is 115 cm³/mol. The van der Waals surface area contributed by atoms with Crippen molar-refractivity contribution in [3.8, 4) is 0 Å². The highest BCUT2D eigenvalue weighted by atomic mass is 16.4. The molecule has 0 radical (unpaired) electrons. The number of carboxylic acid groups (broad SMARTS) is 1. The lowest BCUT2D eigenvalue weighted by molar-refractivity contribution is 0.0697. The van der Waals surface area contributed by atoms with Crippen molar-refractivity contribution >= 4 is 44.2 Å². The Labute approximate surface area is 166 Å². The third-order valence-corrected chi connectivity index (χ3v) is 5.17. The van der Waals surface area contributed by atoms with E-state index in [1.165, 1.54) is 16.3 Å². The minimum Gasteiger partial charge on any atom is -0.478 e. The van der Waals surface area contributed by atoms with Gasteiger partial charge in [0.05, 0.1) is 11.1 Å². The van der Waals surface area contributed by atoms with Crippen LogP contribution < -0.4 is 5.32 Å². The van der Waals surface area contributed by atoms with Crippen LogP contribution in [-0.4, -0.2) is 21.0 Å². The summed E-state index contributed by atoms with van der Waals surface area (Å²) >= 11 is 0. The maximum atomic E-state index is 11.4. The van der Waals surface area contributed by atoms with Crippen molar-refractivity contribution < 1.29 is 9.90 Å². The molecule has 0 aliphatic carbocycles. The molecule has 0 aliphatic rings. The molecule has 2 heterocycles. The van der Waals surface area contributed by atoms with E-state index in [1.807, 2.05) is 24.3 Å². The summed E-state index contributed by atoms with van der Waals surface area (Å²) in [6.45, 7) is 0.607. The van der Waals surface area contributed by atoms with Crippen LogP contribution >= 0.6 is 0 Å². The van der Waals surface area contributed by atoms with Crippen molar-refractivity contribution in [1.29, 1.82) is 0 Å². The zero-order valence-corrected chi connectivity index (χ0v) is 15.5. The van der Waals surface area contributed by atoms with E-state index in [4.69, 9.17) is 4.98 Å². The molecule has 0 aliphatic heterocycles. The Morgan fingerprint density at radius 3 is 2.66 bits per heavy atom. The van der Waals surface area contributed by atoms with E-state index >= 15 is 0 Å². The van der Waals surface area contributed by atoms with Crippen LogP contribution in [0.2, 0.25) is 0 Å². The molecule has 0 unspecified atom stereocenters. The lowest BCUT2D eigenvalue weighted by atomic mass is 10.0. The van der Waals surface area contributed by atoms with Crippen LogP contribution in [0.4, 0.5) is 5.82 Å². The molecule has 3 aromatic carbocycles. The number of carboxylic acids is 1. The summed E-state index contributed by atoms with van der Waals surface area (Å²) in [6.07, 6.45) is 3.54. The molecule has 5 rings (SSSR count). The SMILES string of the molecule is O=C(O)c1ccc2c(c1)nc(NCc1cccc3ccccc13)c1ccncc12. The molecule has 0 amide bonds. The molecule has 2 aromatic heterocycles. The molecule has 5 nitrogen and oxygen atoms in total. The molecule has 0 spiro atoms. The summed E-state index contributed by atoms with van der Waals surface area (Å²) in [5.41, 5.74) is 2.02. The fraction of sp³-hybridized carbons (Fsp3) is 0.0417. The quantitative estimate of drug-likeness (QED) is 0.417. The third-order valence-electron chi connectivity index (χ3n) is 5.17. The fourth-order valence-electron chi connectivity index (χ4n) is 3.74. The van der Waals surface area contributed by atoms with Crippen molar-refractivity contribution in [2.45, 2.75) is 6.54 Å². The van der Waals surface area contributed by atoms with Gasteiger partial charge in [-0.3, -0.25) is 4.98 Å². The highest BCUT2D eigenvalue weighted by Gasteiger charge is 2.11. The Morgan fingerprint density at radius 2 is 1.76 bits per heavy atom. The molecule has 5 aromatic rings. The van der Waals surface area contributed by atoms with Crippen molar-refractivity contribution in [3.05, 3.63) is 90.3 Å². The van der Waals surface area contributed by atoms with Gasteiger partial charge in [-0.1, -0.05) is 48.5 Å². The van der Waals surface area contributed by atoms with Crippen molar-refractivity contribution in [2.75, 3.05) is 5.32 Å². The molecule has 0 atom stereocenters. The monoisotopic (exact) mass is 379 g/mol. The molecule has 0 saturated heterocycles. The first-order chi connectivity index (χ1) is 14.2. The van der Waals surface area contributed by atoms with Crippen LogP contribution in [0, 0.1) is 0 Å². The van der Waals surface area contributed by atoms with Gasteiger partial charge >= 0.3 is 5.97 Å². The maximum absolute atomic E-state index is 11.4. The molecular weight excluding hydrogens is 362 g/mol. The minimum absolute atomic E-state index is 0.216. The third kappa shape index (κ3) is 3.02. The van der Waals surface area contributed by atoms with Crippen molar-refractivity contribution in [1.82, 2.24) is 9.97 Å². The highest BCUT2D eigenvalue weighted by Crippen LogP contribution is 2.30.